The highest BCUT2D eigenvalue weighted by molar-refractivity contribution is 9.10. The Hall–Kier alpha value is -1.82. The van der Waals surface area contributed by atoms with E-state index in [2.05, 4.69) is 21.1 Å². The maximum Gasteiger partial charge on any atom is 0.358 e. The highest BCUT2D eigenvalue weighted by Crippen LogP contribution is 2.23. The van der Waals surface area contributed by atoms with E-state index in [0.717, 1.165) is 10.0 Å². The molecule has 1 heterocycles. The lowest BCUT2D eigenvalue weighted by Gasteiger charge is -2.07. The summed E-state index contributed by atoms with van der Waals surface area (Å²) in [5, 5.41) is 12.1. The summed E-state index contributed by atoms with van der Waals surface area (Å²) in [6.45, 7) is 2.06. The highest BCUT2D eigenvalue weighted by atomic mass is 79.9. The molecule has 0 spiro atoms. The first-order valence-corrected chi connectivity index (χ1v) is 5.93. The van der Waals surface area contributed by atoms with Crippen LogP contribution in [0.1, 0.15) is 21.8 Å². The molecule has 94 valence electrons. The monoisotopic (exact) mass is 311 g/mol. The number of hydrogen-bond donors (Lipinski definition) is 1. The van der Waals surface area contributed by atoms with Crippen LogP contribution in [0.2, 0.25) is 0 Å². The zero-order valence-corrected chi connectivity index (χ0v) is 11.1. The van der Waals surface area contributed by atoms with Crippen LogP contribution in [0.15, 0.2) is 33.3 Å². The SMILES string of the molecule is Cc1ccc(Br)cc1OCc1cc(C(=O)O)no1. The van der Waals surface area contributed by atoms with E-state index in [-0.39, 0.29) is 12.3 Å². The Morgan fingerprint density at radius 1 is 1.50 bits per heavy atom. The predicted octanol–water partition coefficient (Wildman–Crippen LogP) is 3.02. The number of ether oxygens (including phenoxy) is 1. The third kappa shape index (κ3) is 2.89. The lowest BCUT2D eigenvalue weighted by atomic mass is 10.2. The normalized spacial score (nSPS) is 10.3. The molecule has 0 amide bonds. The van der Waals surface area contributed by atoms with Gasteiger partial charge in [-0.3, -0.25) is 0 Å². The zero-order chi connectivity index (χ0) is 13.1. The fraction of sp³-hybridized carbons (Fsp3) is 0.167. The summed E-state index contributed by atoms with van der Waals surface area (Å²) < 4.78 is 11.3. The smallest absolute Gasteiger partial charge is 0.358 e. The average Bonchev–Trinajstić information content (AvgIpc) is 2.79. The molecule has 2 aromatic rings. The van der Waals surface area contributed by atoms with Gasteiger partial charge in [0.2, 0.25) is 0 Å². The van der Waals surface area contributed by atoms with Crippen LogP contribution >= 0.6 is 15.9 Å². The second kappa shape index (κ2) is 5.22. The van der Waals surface area contributed by atoms with Gasteiger partial charge in [0.15, 0.2) is 11.5 Å². The molecular weight excluding hydrogens is 302 g/mol. The van der Waals surface area contributed by atoms with Crippen molar-refractivity contribution < 1.29 is 19.2 Å². The second-order valence-electron chi connectivity index (χ2n) is 3.68. The average molecular weight is 312 g/mol. The summed E-state index contributed by atoms with van der Waals surface area (Å²) in [7, 11) is 0. The molecule has 0 bridgehead atoms. The Morgan fingerprint density at radius 2 is 2.28 bits per heavy atom. The zero-order valence-electron chi connectivity index (χ0n) is 9.51. The summed E-state index contributed by atoms with van der Waals surface area (Å²) in [5.41, 5.74) is 0.857. The minimum Gasteiger partial charge on any atom is -0.485 e. The Morgan fingerprint density at radius 3 is 2.94 bits per heavy atom. The van der Waals surface area contributed by atoms with Crippen LogP contribution in [0.4, 0.5) is 0 Å². The van der Waals surface area contributed by atoms with E-state index in [1.807, 2.05) is 25.1 Å². The van der Waals surface area contributed by atoms with E-state index in [9.17, 15) is 4.79 Å². The standard InChI is InChI=1S/C12H10BrNO4/c1-7-2-3-8(13)4-11(7)17-6-9-5-10(12(15)16)14-18-9/h2-5H,6H2,1H3,(H,15,16). The van der Waals surface area contributed by atoms with E-state index in [0.29, 0.717) is 11.5 Å². The number of halogens is 1. The Labute approximate surface area is 111 Å². The van der Waals surface area contributed by atoms with Gasteiger partial charge in [-0.15, -0.1) is 0 Å². The summed E-state index contributed by atoms with van der Waals surface area (Å²) in [4.78, 5) is 10.6. The van der Waals surface area contributed by atoms with Crippen molar-refractivity contribution in [1.29, 1.82) is 0 Å². The van der Waals surface area contributed by atoms with Crippen molar-refractivity contribution in [2.75, 3.05) is 0 Å². The topological polar surface area (TPSA) is 72.6 Å². The van der Waals surface area contributed by atoms with Gasteiger partial charge >= 0.3 is 5.97 Å². The molecule has 1 N–H and O–H groups in total. The second-order valence-corrected chi connectivity index (χ2v) is 4.60. The van der Waals surface area contributed by atoms with Gasteiger partial charge in [0, 0.05) is 10.5 Å². The minimum atomic E-state index is -1.12. The molecule has 0 saturated heterocycles. The van der Waals surface area contributed by atoms with Crippen molar-refractivity contribution in [1.82, 2.24) is 5.16 Å². The maximum absolute atomic E-state index is 10.6. The quantitative estimate of drug-likeness (QED) is 0.939. The van der Waals surface area contributed by atoms with Crippen LogP contribution in [0.5, 0.6) is 5.75 Å². The van der Waals surface area contributed by atoms with E-state index in [4.69, 9.17) is 14.4 Å². The van der Waals surface area contributed by atoms with Gasteiger partial charge in [0.1, 0.15) is 12.4 Å². The number of hydrogen-bond acceptors (Lipinski definition) is 4. The van der Waals surface area contributed by atoms with Crippen molar-refractivity contribution >= 4 is 21.9 Å². The Kier molecular flexibility index (Phi) is 3.66. The van der Waals surface area contributed by atoms with Gasteiger partial charge in [-0.1, -0.05) is 27.2 Å². The van der Waals surface area contributed by atoms with Crippen LogP contribution in [0.3, 0.4) is 0 Å². The fourth-order valence-corrected chi connectivity index (χ4v) is 1.70. The number of nitrogens with zero attached hydrogens (tertiary/aromatic N) is 1. The Bertz CT molecular complexity index is 579. The van der Waals surface area contributed by atoms with Crippen molar-refractivity contribution in [2.45, 2.75) is 13.5 Å². The molecule has 0 aliphatic carbocycles. The van der Waals surface area contributed by atoms with Crippen molar-refractivity contribution in [3.05, 3.63) is 45.8 Å². The molecule has 0 unspecified atom stereocenters. The summed E-state index contributed by atoms with van der Waals surface area (Å²) in [6.07, 6.45) is 0. The Balaban J connectivity index is 2.06. The largest absolute Gasteiger partial charge is 0.485 e. The minimum absolute atomic E-state index is 0.125. The van der Waals surface area contributed by atoms with Crippen LogP contribution in [-0.2, 0) is 6.61 Å². The van der Waals surface area contributed by atoms with Gasteiger partial charge in [-0.25, -0.2) is 4.79 Å². The molecule has 0 radical (unpaired) electrons. The molecule has 0 aliphatic rings. The number of aromatic nitrogens is 1. The van der Waals surface area contributed by atoms with Crippen molar-refractivity contribution in [2.24, 2.45) is 0 Å². The molecule has 18 heavy (non-hydrogen) atoms. The summed E-state index contributed by atoms with van der Waals surface area (Å²) in [5.74, 6) is -0.0481. The number of rotatable bonds is 4. The predicted molar refractivity (Wildman–Crippen MR) is 66.7 cm³/mol. The van der Waals surface area contributed by atoms with Gasteiger partial charge in [0.25, 0.3) is 0 Å². The van der Waals surface area contributed by atoms with E-state index >= 15 is 0 Å². The first kappa shape index (κ1) is 12.6. The number of aryl methyl sites for hydroxylation is 1. The van der Waals surface area contributed by atoms with Crippen LogP contribution < -0.4 is 4.74 Å². The van der Waals surface area contributed by atoms with E-state index < -0.39 is 5.97 Å². The molecule has 0 fully saturated rings. The van der Waals surface area contributed by atoms with Crippen LogP contribution in [0.25, 0.3) is 0 Å². The molecule has 6 heteroatoms. The molecule has 1 aromatic heterocycles. The van der Waals surface area contributed by atoms with Gasteiger partial charge in [0.05, 0.1) is 0 Å². The fourth-order valence-electron chi connectivity index (χ4n) is 1.36. The number of carboxylic acid groups (broad SMARTS) is 1. The number of aromatic carboxylic acids is 1. The molecule has 1 aromatic carbocycles. The molecule has 0 saturated carbocycles. The third-order valence-electron chi connectivity index (χ3n) is 2.30. The molecule has 5 nitrogen and oxygen atoms in total. The van der Waals surface area contributed by atoms with Crippen LogP contribution in [-0.4, -0.2) is 16.2 Å². The van der Waals surface area contributed by atoms with E-state index in [1.54, 1.807) is 0 Å². The summed E-state index contributed by atoms with van der Waals surface area (Å²) in [6, 6.07) is 7.01. The van der Waals surface area contributed by atoms with Crippen LogP contribution in [0, 0.1) is 6.92 Å². The molecular formula is C12H10BrNO4. The third-order valence-corrected chi connectivity index (χ3v) is 2.79. The maximum atomic E-state index is 10.6. The molecule has 0 aliphatic heterocycles. The van der Waals surface area contributed by atoms with Crippen molar-refractivity contribution in [3.8, 4) is 5.75 Å². The van der Waals surface area contributed by atoms with Crippen molar-refractivity contribution in [3.63, 3.8) is 0 Å². The number of benzene rings is 1. The van der Waals surface area contributed by atoms with Gasteiger partial charge in [-0.05, 0) is 24.6 Å². The van der Waals surface area contributed by atoms with Gasteiger partial charge < -0.3 is 14.4 Å². The highest BCUT2D eigenvalue weighted by Gasteiger charge is 2.11. The number of carbonyl (C=O) groups is 1. The van der Waals surface area contributed by atoms with Gasteiger partial charge in [-0.2, -0.15) is 0 Å². The lowest BCUT2D eigenvalue weighted by Crippen LogP contribution is -1.97. The first-order chi connectivity index (χ1) is 8.56. The lowest BCUT2D eigenvalue weighted by molar-refractivity contribution is 0.0685. The summed E-state index contributed by atoms with van der Waals surface area (Å²) >= 11 is 3.35. The first-order valence-electron chi connectivity index (χ1n) is 5.14. The molecule has 2 rings (SSSR count). The molecule has 0 atom stereocenters. The van der Waals surface area contributed by atoms with E-state index in [1.165, 1.54) is 6.07 Å². The number of carboxylic acids is 1.